The highest BCUT2D eigenvalue weighted by molar-refractivity contribution is 9.10. The quantitative estimate of drug-likeness (QED) is 0.317. The maximum atomic E-state index is 12.2. The van der Waals surface area contributed by atoms with Crippen LogP contribution in [0.4, 0.5) is 9.05 Å². The summed E-state index contributed by atoms with van der Waals surface area (Å²) in [5.41, 5.74) is 2.54. The molecule has 142 valence electrons. The van der Waals surface area contributed by atoms with Gasteiger partial charge in [-0.3, -0.25) is 4.57 Å². The molecule has 0 fully saturated rings. The molecule has 4 nitrogen and oxygen atoms in total. The Labute approximate surface area is 166 Å². The second kappa shape index (κ2) is 10.2. The fraction of sp³-hybridized carbons (Fsp3) is 0.250. The fourth-order valence-corrected chi connectivity index (χ4v) is 5.20. The van der Waals surface area contributed by atoms with E-state index in [2.05, 4.69) is 25.4 Å². The van der Waals surface area contributed by atoms with Gasteiger partial charge in [0.2, 0.25) is 0 Å². The van der Waals surface area contributed by atoms with Crippen LogP contribution in [-0.4, -0.2) is 10.8 Å². The van der Waals surface area contributed by atoms with Crippen molar-refractivity contribution in [1.29, 1.82) is 0 Å². The molecule has 0 bridgehead atoms. The standard InChI is InChI=1S/C16H16BrF2O4PS2/c1-26(21)15-6-3-12(4-7-15)10-25-11-13-2-5-14(16(17)8-13)9-24(20,22-18)23-19/h2-8H,9-11H2,1H3. The summed E-state index contributed by atoms with van der Waals surface area (Å²) in [7, 11) is -4.41. The Morgan fingerprint density at radius 2 is 1.69 bits per heavy atom. The molecule has 2 aromatic rings. The summed E-state index contributed by atoms with van der Waals surface area (Å²) in [6.45, 7) is 0. The molecular weight excluding hydrogens is 469 g/mol. The van der Waals surface area contributed by atoms with Crippen molar-refractivity contribution >= 4 is 46.5 Å². The van der Waals surface area contributed by atoms with Crippen LogP contribution in [0.15, 0.2) is 51.8 Å². The molecule has 0 N–H and O–H groups in total. The van der Waals surface area contributed by atoms with E-state index in [9.17, 15) is 18.2 Å². The minimum atomic E-state index is -4.41. The van der Waals surface area contributed by atoms with E-state index in [-0.39, 0.29) is 0 Å². The number of hydrogen-bond donors (Lipinski definition) is 0. The summed E-state index contributed by atoms with van der Waals surface area (Å²) in [4.78, 5) is 0.796. The minimum Gasteiger partial charge on any atom is -0.612 e. The van der Waals surface area contributed by atoms with E-state index >= 15 is 0 Å². The van der Waals surface area contributed by atoms with Gasteiger partial charge in [-0.05, 0) is 55.1 Å². The molecule has 26 heavy (non-hydrogen) atoms. The Morgan fingerprint density at radius 1 is 1.12 bits per heavy atom. The van der Waals surface area contributed by atoms with Crippen molar-refractivity contribution in [3.63, 3.8) is 0 Å². The van der Waals surface area contributed by atoms with Gasteiger partial charge in [0.1, 0.15) is 6.26 Å². The first kappa shape index (κ1) is 21.9. The van der Waals surface area contributed by atoms with Crippen molar-refractivity contribution in [1.82, 2.24) is 0 Å². The molecule has 2 aromatic carbocycles. The molecule has 0 aliphatic heterocycles. The topological polar surface area (TPSA) is 58.6 Å². The summed E-state index contributed by atoms with van der Waals surface area (Å²) in [6, 6.07) is 12.8. The van der Waals surface area contributed by atoms with Gasteiger partial charge in [-0.2, -0.15) is 11.8 Å². The Hall–Kier alpha value is -0.410. The average Bonchev–Trinajstić information content (AvgIpc) is 2.64. The van der Waals surface area contributed by atoms with E-state index in [0.29, 0.717) is 10.0 Å². The summed E-state index contributed by atoms with van der Waals surface area (Å²) in [6.07, 6.45) is 1.13. The lowest BCUT2D eigenvalue weighted by molar-refractivity contribution is -0.0881. The van der Waals surface area contributed by atoms with Gasteiger partial charge in [-0.1, -0.05) is 40.2 Å². The third-order valence-electron chi connectivity index (χ3n) is 3.48. The second-order valence-corrected chi connectivity index (χ2v) is 10.5. The van der Waals surface area contributed by atoms with Crippen LogP contribution in [0.1, 0.15) is 16.7 Å². The normalized spacial score (nSPS) is 13.0. The molecule has 2 rings (SSSR count). The van der Waals surface area contributed by atoms with E-state index in [1.807, 2.05) is 24.3 Å². The van der Waals surface area contributed by atoms with Crippen molar-refractivity contribution in [2.45, 2.75) is 22.6 Å². The van der Waals surface area contributed by atoms with E-state index in [0.717, 1.165) is 27.5 Å². The van der Waals surface area contributed by atoms with Gasteiger partial charge in [0.05, 0.1) is 6.16 Å². The number of thioether (sulfide) groups is 1. The Bertz CT molecular complexity index is 769. The second-order valence-electron chi connectivity index (χ2n) is 5.42. The summed E-state index contributed by atoms with van der Waals surface area (Å²) < 4.78 is 54.0. The van der Waals surface area contributed by atoms with Crippen LogP contribution in [0.5, 0.6) is 0 Å². The maximum Gasteiger partial charge on any atom is 0.399 e. The Kier molecular flexibility index (Phi) is 8.60. The van der Waals surface area contributed by atoms with E-state index in [1.165, 1.54) is 0 Å². The van der Waals surface area contributed by atoms with Gasteiger partial charge in [-0.25, -0.2) is 0 Å². The molecule has 0 heterocycles. The molecule has 1 atom stereocenters. The number of halogens is 3. The van der Waals surface area contributed by atoms with Crippen LogP contribution in [-0.2, 0) is 42.9 Å². The average molecular weight is 485 g/mol. The lowest BCUT2D eigenvalue weighted by Gasteiger charge is -2.10. The number of hydrogen-bond acceptors (Lipinski definition) is 5. The van der Waals surface area contributed by atoms with Gasteiger partial charge < -0.3 is 4.55 Å². The molecule has 0 saturated carbocycles. The van der Waals surface area contributed by atoms with E-state index in [4.69, 9.17) is 0 Å². The highest BCUT2D eigenvalue weighted by atomic mass is 79.9. The van der Waals surface area contributed by atoms with Crippen molar-refractivity contribution in [3.8, 4) is 0 Å². The summed E-state index contributed by atoms with van der Waals surface area (Å²) in [5.74, 6) is 1.51. The zero-order chi connectivity index (χ0) is 19.2. The summed E-state index contributed by atoms with van der Waals surface area (Å²) in [5, 5.41) is 0. The van der Waals surface area contributed by atoms with Crippen LogP contribution in [0.2, 0.25) is 0 Å². The van der Waals surface area contributed by atoms with Crippen molar-refractivity contribution in [2.75, 3.05) is 6.26 Å². The number of benzene rings is 2. The van der Waals surface area contributed by atoms with Crippen LogP contribution < -0.4 is 0 Å². The highest BCUT2D eigenvalue weighted by Gasteiger charge is 2.29. The SMILES string of the molecule is C[S+]([O-])c1ccc(CSCc2ccc(CP(=O)(OF)OF)c(Br)c2)cc1. The predicted molar refractivity (Wildman–Crippen MR) is 104 cm³/mol. The summed E-state index contributed by atoms with van der Waals surface area (Å²) >= 11 is 4.01. The minimum absolute atomic E-state index is 0.417. The van der Waals surface area contributed by atoms with E-state index in [1.54, 1.807) is 36.2 Å². The van der Waals surface area contributed by atoms with Gasteiger partial charge in [0.25, 0.3) is 0 Å². The van der Waals surface area contributed by atoms with Crippen molar-refractivity contribution < 1.29 is 27.6 Å². The lowest BCUT2D eigenvalue weighted by atomic mass is 10.2. The zero-order valence-corrected chi connectivity index (χ0v) is 17.8. The molecule has 0 amide bonds. The molecule has 0 aliphatic carbocycles. The molecule has 1 unspecified atom stereocenters. The van der Waals surface area contributed by atoms with Gasteiger partial charge >= 0.3 is 7.60 Å². The fourth-order valence-electron chi connectivity index (χ4n) is 2.14. The molecule has 0 aliphatic rings. The molecule has 10 heteroatoms. The molecular formula is C16H16BrF2O4PS2. The molecule has 0 saturated heterocycles. The highest BCUT2D eigenvalue weighted by Crippen LogP contribution is 2.53. The Morgan fingerprint density at radius 3 is 2.23 bits per heavy atom. The third-order valence-corrected chi connectivity index (χ3v) is 7.38. The predicted octanol–water partition coefficient (Wildman–Crippen LogP) is 6.12. The van der Waals surface area contributed by atoms with Gasteiger partial charge in [-0.15, -0.1) is 9.46 Å². The maximum absolute atomic E-state index is 12.2. The first-order chi connectivity index (χ1) is 12.4. The number of rotatable bonds is 9. The van der Waals surface area contributed by atoms with Crippen LogP contribution in [0.25, 0.3) is 0 Å². The molecule has 0 spiro atoms. The lowest BCUT2D eigenvalue weighted by Crippen LogP contribution is -1.96. The Balaban J connectivity index is 1.92. The zero-order valence-electron chi connectivity index (χ0n) is 13.7. The first-order valence-electron chi connectivity index (χ1n) is 7.34. The smallest absolute Gasteiger partial charge is 0.399 e. The van der Waals surface area contributed by atoms with Crippen LogP contribution >= 0.6 is 35.3 Å². The van der Waals surface area contributed by atoms with Gasteiger partial charge in [0, 0.05) is 16.0 Å². The first-order valence-corrected chi connectivity index (χ1v) is 12.6. The van der Waals surface area contributed by atoms with Gasteiger partial charge in [0.15, 0.2) is 4.90 Å². The van der Waals surface area contributed by atoms with E-state index < -0.39 is 24.9 Å². The van der Waals surface area contributed by atoms with Crippen LogP contribution in [0.3, 0.4) is 0 Å². The van der Waals surface area contributed by atoms with Crippen molar-refractivity contribution in [3.05, 3.63) is 63.6 Å². The monoisotopic (exact) mass is 484 g/mol. The molecule has 0 radical (unpaired) electrons. The largest absolute Gasteiger partial charge is 0.612 e. The third kappa shape index (κ3) is 6.34. The molecule has 0 aromatic heterocycles. The van der Waals surface area contributed by atoms with Crippen LogP contribution in [0, 0.1) is 0 Å². The van der Waals surface area contributed by atoms with Crippen molar-refractivity contribution in [2.24, 2.45) is 0 Å².